The number of pyridine rings is 1. The van der Waals surface area contributed by atoms with Crippen LogP contribution in [0, 0.1) is 6.92 Å². The standard InChI is InChI=1S/C13H14BrN3O/c1-3-4-9-11(14)13(18)17-12(16-9)10-7-8(2)5-6-15-10/h5-7H,3-4H2,1-2H3,(H,16,17,18). The summed E-state index contributed by atoms with van der Waals surface area (Å²) in [5, 5.41) is 0. The second kappa shape index (κ2) is 5.44. The SMILES string of the molecule is CCCc1nc(-c2cc(C)ccn2)[nH]c(=O)c1Br. The maximum atomic E-state index is 11.8. The van der Waals surface area contributed by atoms with Gasteiger partial charge in [0.25, 0.3) is 5.56 Å². The summed E-state index contributed by atoms with van der Waals surface area (Å²) < 4.78 is 0.515. The topological polar surface area (TPSA) is 58.6 Å². The first-order chi connectivity index (χ1) is 8.61. The van der Waals surface area contributed by atoms with Crippen LogP contribution in [0.1, 0.15) is 24.6 Å². The van der Waals surface area contributed by atoms with E-state index < -0.39 is 0 Å². The summed E-state index contributed by atoms with van der Waals surface area (Å²) in [6.07, 6.45) is 3.42. The minimum Gasteiger partial charge on any atom is -0.304 e. The summed E-state index contributed by atoms with van der Waals surface area (Å²) in [5.41, 5.74) is 2.39. The minimum atomic E-state index is -0.160. The lowest BCUT2D eigenvalue weighted by Crippen LogP contribution is -2.14. The second-order valence-corrected chi connectivity index (χ2v) is 4.94. The molecule has 2 heterocycles. The van der Waals surface area contributed by atoms with Crippen LogP contribution in [0.5, 0.6) is 0 Å². The summed E-state index contributed by atoms with van der Waals surface area (Å²) in [6.45, 7) is 4.04. The Hall–Kier alpha value is -1.49. The first kappa shape index (κ1) is 13.0. The summed E-state index contributed by atoms with van der Waals surface area (Å²) >= 11 is 3.28. The summed E-state index contributed by atoms with van der Waals surface area (Å²) in [5.74, 6) is 0.523. The van der Waals surface area contributed by atoms with Crippen molar-refractivity contribution < 1.29 is 0 Å². The Morgan fingerprint density at radius 3 is 2.89 bits per heavy atom. The molecular formula is C13H14BrN3O. The summed E-state index contributed by atoms with van der Waals surface area (Å²) in [6, 6.07) is 3.81. The Morgan fingerprint density at radius 1 is 1.44 bits per heavy atom. The molecule has 4 nitrogen and oxygen atoms in total. The molecule has 0 aliphatic carbocycles. The Morgan fingerprint density at radius 2 is 2.22 bits per heavy atom. The number of H-pyrrole nitrogens is 1. The highest BCUT2D eigenvalue weighted by molar-refractivity contribution is 9.10. The van der Waals surface area contributed by atoms with Gasteiger partial charge in [-0.15, -0.1) is 0 Å². The highest BCUT2D eigenvalue weighted by Gasteiger charge is 2.10. The van der Waals surface area contributed by atoms with Crippen molar-refractivity contribution in [3.63, 3.8) is 0 Å². The van der Waals surface area contributed by atoms with Crippen LogP contribution in [0.3, 0.4) is 0 Å². The van der Waals surface area contributed by atoms with Crippen molar-refractivity contribution in [3.8, 4) is 11.5 Å². The van der Waals surface area contributed by atoms with E-state index in [1.54, 1.807) is 6.20 Å². The van der Waals surface area contributed by atoms with Crippen LogP contribution in [0.25, 0.3) is 11.5 Å². The zero-order valence-electron chi connectivity index (χ0n) is 10.3. The number of aromatic amines is 1. The first-order valence-electron chi connectivity index (χ1n) is 5.83. The molecule has 2 aromatic rings. The fraction of sp³-hybridized carbons (Fsp3) is 0.308. The van der Waals surface area contributed by atoms with Crippen molar-refractivity contribution in [2.75, 3.05) is 0 Å². The fourth-order valence-electron chi connectivity index (χ4n) is 1.69. The van der Waals surface area contributed by atoms with Crippen molar-refractivity contribution in [3.05, 3.63) is 44.4 Å². The zero-order chi connectivity index (χ0) is 13.1. The number of hydrogen-bond donors (Lipinski definition) is 1. The van der Waals surface area contributed by atoms with E-state index in [0.29, 0.717) is 16.0 Å². The van der Waals surface area contributed by atoms with E-state index >= 15 is 0 Å². The minimum absolute atomic E-state index is 0.160. The van der Waals surface area contributed by atoms with Crippen molar-refractivity contribution in [1.29, 1.82) is 0 Å². The molecule has 0 amide bonds. The Bertz CT molecular complexity index is 622. The molecular weight excluding hydrogens is 294 g/mol. The average molecular weight is 308 g/mol. The van der Waals surface area contributed by atoms with Crippen LogP contribution in [0.2, 0.25) is 0 Å². The molecule has 0 saturated carbocycles. The molecule has 2 rings (SSSR count). The first-order valence-corrected chi connectivity index (χ1v) is 6.63. The van der Waals surface area contributed by atoms with Gasteiger partial charge in [0.2, 0.25) is 0 Å². The van der Waals surface area contributed by atoms with E-state index in [2.05, 4.69) is 37.8 Å². The van der Waals surface area contributed by atoms with Crippen LogP contribution < -0.4 is 5.56 Å². The number of aryl methyl sites for hydroxylation is 2. The molecule has 0 spiro atoms. The third kappa shape index (κ3) is 2.67. The number of hydrogen-bond acceptors (Lipinski definition) is 3. The highest BCUT2D eigenvalue weighted by Crippen LogP contribution is 2.16. The number of halogens is 1. The van der Waals surface area contributed by atoms with E-state index in [1.807, 2.05) is 19.1 Å². The second-order valence-electron chi connectivity index (χ2n) is 4.14. The van der Waals surface area contributed by atoms with E-state index in [0.717, 1.165) is 24.1 Å². The summed E-state index contributed by atoms with van der Waals surface area (Å²) in [4.78, 5) is 23.3. The lowest BCUT2D eigenvalue weighted by atomic mass is 10.2. The smallest absolute Gasteiger partial charge is 0.265 e. The Kier molecular flexibility index (Phi) is 3.91. The van der Waals surface area contributed by atoms with Gasteiger partial charge in [0.15, 0.2) is 5.82 Å². The average Bonchev–Trinajstić information content (AvgIpc) is 2.35. The third-order valence-corrected chi connectivity index (χ3v) is 3.39. The van der Waals surface area contributed by atoms with Crippen molar-refractivity contribution in [2.45, 2.75) is 26.7 Å². The van der Waals surface area contributed by atoms with Gasteiger partial charge < -0.3 is 4.98 Å². The molecule has 0 unspecified atom stereocenters. The monoisotopic (exact) mass is 307 g/mol. The van der Waals surface area contributed by atoms with Crippen LogP contribution >= 0.6 is 15.9 Å². The van der Waals surface area contributed by atoms with Crippen LogP contribution in [-0.2, 0) is 6.42 Å². The number of nitrogens with one attached hydrogen (secondary N) is 1. The molecule has 0 aliphatic rings. The maximum absolute atomic E-state index is 11.8. The molecule has 0 atom stereocenters. The van der Waals surface area contributed by atoms with Crippen LogP contribution in [0.15, 0.2) is 27.6 Å². The molecule has 0 saturated heterocycles. The van der Waals surface area contributed by atoms with Gasteiger partial charge in [0.1, 0.15) is 10.2 Å². The molecule has 0 bridgehead atoms. The van der Waals surface area contributed by atoms with Gasteiger partial charge in [-0.1, -0.05) is 13.3 Å². The zero-order valence-corrected chi connectivity index (χ0v) is 11.9. The molecule has 0 aromatic carbocycles. The molecule has 18 heavy (non-hydrogen) atoms. The third-order valence-electron chi connectivity index (χ3n) is 2.58. The molecule has 2 aromatic heterocycles. The van der Waals surface area contributed by atoms with Gasteiger partial charge in [-0.05, 0) is 47.0 Å². The molecule has 1 N–H and O–H groups in total. The fourth-order valence-corrected chi connectivity index (χ4v) is 2.08. The van der Waals surface area contributed by atoms with Crippen LogP contribution in [-0.4, -0.2) is 15.0 Å². The summed E-state index contributed by atoms with van der Waals surface area (Å²) in [7, 11) is 0. The van der Waals surface area contributed by atoms with Crippen molar-refractivity contribution in [1.82, 2.24) is 15.0 Å². The lowest BCUT2D eigenvalue weighted by molar-refractivity contribution is 0.859. The van der Waals surface area contributed by atoms with Gasteiger partial charge in [0.05, 0.1) is 5.69 Å². The number of aromatic nitrogens is 3. The molecule has 5 heteroatoms. The van der Waals surface area contributed by atoms with E-state index in [1.165, 1.54) is 0 Å². The normalized spacial score (nSPS) is 10.6. The van der Waals surface area contributed by atoms with Gasteiger partial charge in [-0.3, -0.25) is 9.78 Å². The Balaban J connectivity index is 2.55. The van der Waals surface area contributed by atoms with Crippen molar-refractivity contribution in [2.24, 2.45) is 0 Å². The largest absolute Gasteiger partial charge is 0.304 e. The van der Waals surface area contributed by atoms with Gasteiger partial charge in [-0.2, -0.15) is 0 Å². The number of nitrogens with zero attached hydrogens (tertiary/aromatic N) is 2. The predicted octanol–water partition coefficient (Wildman–Crippen LogP) is 2.86. The van der Waals surface area contributed by atoms with E-state index in [9.17, 15) is 4.79 Å². The Labute approximate surface area is 114 Å². The predicted molar refractivity (Wildman–Crippen MR) is 74.5 cm³/mol. The van der Waals surface area contributed by atoms with Crippen molar-refractivity contribution >= 4 is 15.9 Å². The molecule has 0 aliphatic heterocycles. The molecule has 0 fully saturated rings. The van der Waals surface area contributed by atoms with Gasteiger partial charge >= 0.3 is 0 Å². The molecule has 94 valence electrons. The van der Waals surface area contributed by atoms with E-state index in [-0.39, 0.29) is 5.56 Å². The molecule has 0 radical (unpaired) electrons. The highest BCUT2D eigenvalue weighted by atomic mass is 79.9. The maximum Gasteiger partial charge on any atom is 0.265 e. The van der Waals surface area contributed by atoms with Gasteiger partial charge in [0, 0.05) is 6.20 Å². The van der Waals surface area contributed by atoms with Crippen LogP contribution in [0.4, 0.5) is 0 Å². The lowest BCUT2D eigenvalue weighted by Gasteiger charge is -2.05. The van der Waals surface area contributed by atoms with E-state index in [4.69, 9.17) is 0 Å². The number of rotatable bonds is 3. The van der Waals surface area contributed by atoms with Gasteiger partial charge in [-0.25, -0.2) is 4.98 Å². The quantitative estimate of drug-likeness (QED) is 0.948.